The zero-order valence-corrected chi connectivity index (χ0v) is 17.0. The Morgan fingerprint density at radius 2 is 1.62 bits per heavy atom. The van der Waals surface area contributed by atoms with Crippen LogP contribution in [0.15, 0.2) is 0 Å². The molecule has 2 N–H and O–H groups in total. The van der Waals surface area contributed by atoms with Crippen molar-refractivity contribution < 1.29 is 4.79 Å². The number of hydrogen-bond acceptors (Lipinski definition) is 3. The molecular weight excluding hydrogens is 345 g/mol. The maximum absolute atomic E-state index is 12.9. The molecule has 3 rings (SSSR count). The number of hydrogen-bond donors (Lipinski definition) is 1. The van der Waals surface area contributed by atoms with E-state index in [4.69, 9.17) is 5.73 Å². The molecule has 0 aromatic rings. The van der Waals surface area contributed by atoms with Crippen LogP contribution in [0.4, 0.5) is 0 Å². The Bertz CT molecular complexity index is 417. The second-order valence-corrected chi connectivity index (χ2v) is 8.91. The van der Waals surface area contributed by atoms with Crippen LogP contribution in [0.3, 0.4) is 0 Å². The Morgan fingerprint density at radius 1 is 1.04 bits per heavy atom. The van der Waals surface area contributed by atoms with Gasteiger partial charge in [0, 0.05) is 32.2 Å². The zero-order valence-electron chi connectivity index (χ0n) is 15.4. The third kappa shape index (κ3) is 4.78. The molecule has 6 heteroatoms. The summed E-state index contributed by atoms with van der Waals surface area (Å²) in [5.41, 5.74) is 6.73. The molecule has 0 radical (unpaired) electrons. The van der Waals surface area contributed by atoms with Gasteiger partial charge < -0.3 is 10.6 Å². The van der Waals surface area contributed by atoms with Gasteiger partial charge in [-0.2, -0.15) is 0 Å². The van der Waals surface area contributed by atoms with E-state index in [0.29, 0.717) is 23.2 Å². The third-order valence-electron chi connectivity index (χ3n) is 6.13. The van der Waals surface area contributed by atoms with Gasteiger partial charge in [0.2, 0.25) is 5.91 Å². The Labute approximate surface area is 159 Å². The fourth-order valence-corrected chi connectivity index (χ4v) is 4.60. The van der Waals surface area contributed by atoms with E-state index >= 15 is 0 Å². The van der Waals surface area contributed by atoms with Gasteiger partial charge in [-0.25, -0.2) is 0 Å². The molecule has 4 nitrogen and oxygen atoms in total. The van der Waals surface area contributed by atoms with Crippen LogP contribution in [0, 0.1) is 23.2 Å². The predicted octanol–water partition coefficient (Wildman–Crippen LogP) is 2.78. The van der Waals surface area contributed by atoms with Gasteiger partial charge in [0.25, 0.3) is 0 Å². The summed E-state index contributed by atoms with van der Waals surface area (Å²) in [6.45, 7) is 11.9. The first-order valence-electron chi connectivity index (χ1n) is 9.12. The number of fused-ring (bicyclic) bond motifs is 2. The van der Waals surface area contributed by atoms with E-state index in [-0.39, 0.29) is 36.8 Å². The van der Waals surface area contributed by atoms with Crippen LogP contribution < -0.4 is 5.73 Å². The van der Waals surface area contributed by atoms with Crippen LogP contribution in [0.25, 0.3) is 0 Å². The van der Waals surface area contributed by atoms with Crippen molar-refractivity contribution in [1.29, 1.82) is 0 Å². The summed E-state index contributed by atoms with van der Waals surface area (Å²) in [4.78, 5) is 17.5. The number of carbonyl (C=O) groups excluding carboxylic acids is 1. The average Bonchev–Trinajstić information content (AvgIpc) is 3.05. The number of amides is 1. The van der Waals surface area contributed by atoms with Crippen LogP contribution in [0.5, 0.6) is 0 Å². The lowest BCUT2D eigenvalue weighted by molar-refractivity contribution is -0.139. The van der Waals surface area contributed by atoms with Gasteiger partial charge >= 0.3 is 0 Å². The highest BCUT2D eigenvalue weighted by molar-refractivity contribution is 5.85. The quantitative estimate of drug-likeness (QED) is 0.819. The van der Waals surface area contributed by atoms with Gasteiger partial charge in [-0.3, -0.25) is 9.69 Å². The summed E-state index contributed by atoms with van der Waals surface area (Å²) >= 11 is 0. The van der Waals surface area contributed by atoms with Crippen LogP contribution in [-0.4, -0.2) is 54.5 Å². The number of piperazine rings is 1. The van der Waals surface area contributed by atoms with Crippen molar-refractivity contribution in [3.8, 4) is 0 Å². The molecule has 1 aliphatic heterocycles. The predicted molar refractivity (Wildman–Crippen MR) is 104 cm³/mol. The van der Waals surface area contributed by atoms with Crippen molar-refractivity contribution in [1.82, 2.24) is 9.80 Å². The van der Waals surface area contributed by atoms with E-state index in [0.717, 1.165) is 32.7 Å². The highest BCUT2D eigenvalue weighted by Crippen LogP contribution is 2.48. The van der Waals surface area contributed by atoms with Crippen LogP contribution in [0.2, 0.25) is 0 Å². The maximum Gasteiger partial charge on any atom is 0.227 e. The van der Waals surface area contributed by atoms with Crippen molar-refractivity contribution in [2.24, 2.45) is 28.9 Å². The lowest BCUT2D eigenvalue weighted by Gasteiger charge is -2.39. The molecule has 1 saturated heterocycles. The van der Waals surface area contributed by atoms with Crippen molar-refractivity contribution in [3.05, 3.63) is 0 Å². The first-order chi connectivity index (χ1) is 10.3. The molecule has 1 amide bonds. The number of carbonyl (C=O) groups is 1. The van der Waals surface area contributed by atoms with Gasteiger partial charge in [-0.15, -0.1) is 24.8 Å². The van der Waals surface area contributed by atoms with E-state index in [1.807, 2.05) is 0 Å². The molecule has 2 bridgehead atoms. The average molecular weight is 380 g/mol. The number of nitrogens with two attached hydrogens (primary N) is 1. The minimum absolute atomic E-state index is 0. The van der Waals surface area contributed by atoms with Crippen molar-refractivity contribution in [3.63, 3.8) is 0 Å². The van der Waals surface area contributed by atoms with E-state index in [1.54, 1.807) is 0 Å². The highest BCUT2D eigenvalue weighted by atomic mass is 35.5. The summed E-state index contributed by atoms with van der Waals surface area (Å²) in [6, 6.07) is 0.130. The van der Waals surface area contributed by atoms with Crippen molar-refractivity contribution in [2.45, 2.75) is 52.5 Å². The normalized spacial score (nSPS) is 33.1. The molecule has 142 valence electrons. The topological polar surface area (TPSA) is 49.6 Å². The Hall–Kier alpha value is -0.0300. The van der Waals surface area contributed by atoms with Crippen LogP contribution in [0.1, 0.15) is 46.5 Å². The van der Waals surface area contributed by atoms with Crippen molar-refractivity contribution >= 4 is 30.7 Å². The minimum Gasteiger partial charge on any atom is -0.340 e. The fraction of sp³-hybridized carbons (Fsp3) is 0.944. The molecule has 0 aromatic carbocycles. The number of nitrogens with zero attached hydrogens (tertiary/aromatic N) is 2. The summed E-state index contributed by atoms with van der Waals surface area (Å²) < 4.78 is 0. The molecule has 3 aliphatic rings. The van der Waals surface area contributed by atoms with Gasteiger partial charge in [-0.1, -0.05) is 20.8 Å². The standard InChI is InChI=1S/C18H33N3O.2ClH/c1-18(2,3)6-7-20-8-10-21(11-9-20)17(22)15-13-4-5-14(12-13)16(15)19;;/h13-16H,4-12,19H2,1-3H3;2*1H. The summed E-state index contributed by atoms with van der Waals surface area (Å²) in [7, 11) is 0. The maximum atomic E-state index is 12.9. The first-order valence-corrected chi connectivity index (χ1v) is 9.12. The molecular formula is C18H35Cl2N3O. The largest absolute Gasteiger partial charge is 0.340 e. The van der Waals surface area contributed by atoms with Crippen LogP contribution in [-0.2, 0) is 4.79 Å². The SMILES string of the molecule is CC(C)(C)CCN1CCN(C(=O)C2C3CCC(C3)C2N)CC1.Cl.Cl. The molecule has 3 fully saturated rings. The molecule has 2 saturated carbocycles. The lowest BCUT2D eigenvalue weighted by Crippen LogP contribution is -2.54. The van der Waals surface area contributed by atoms with E-state index in [9.17, 15) is 4.79 Å². The molecule has 0 aromatic heterocycles. The summed E-state index contributed by atoms with van der Waals surface area (Å²) in [5.74, 6) is 1.67. The molecule has 0 spiro atoms. The summed E-state index contributed by atoms with van der Waals surface area (Å²) in [6.07, 6.45) is 4.89. The molecule has 24 heavy (non-hydrogen) atoms. The second-order valence-electron chi connectivity index (χ2n) is 8.91. The van der Waals surface area contributed by atoms with Gasteiger partial charge in [0.15, 0.2) is 0 Å². The Kier molecular flexibility index (Phi) is 7.86. The zero-order chi connectivity index (χ0) is 15.9. The van der Waals surface area contributed by atoms with E-state index < -0.39 is 0 Å². The minimum atomic E-state index is 0. The van der Waals surface area contributed by atoms with Gasteiger partial charge in [-0.05, 0) is 49.5 Å². The lowest BCUT2D eigenvalue weighted by atomic mass is 9.84. The van der Waals surface area contributed by atoms with Crippen LogP contribution >= 0.6 is 24.8 Å². The molecule has 4 atom stereocenters. The highest BCUT2D eigenvalue weighted by Gasteiger charge is 2.50. The monoisotopic (exact) mass is 379 g/mol. The number of rotatable bonds is 3. The number of halogens is 2. The fourth-order valence-electron chi connectivity index (χ4n) is 4.60. The second kappa shape index (κ2) is 8.57. The third-order valence-corrected chi connectivity index (χ3v) is 6.13. The van der Waals surface area contributed by atoms with Gasteiger partial charge in [0.05, 0.1) is 5.92 Å². The molecule has 1 heterocycles. The van der Waals surface area contributed by atoms with Crippen molar-refractivity contribution in [2.75, 3.05) is 32.7 Å². The van der Waals surface area contributed by atoms with Gasteiger partial charge in [0.1, 0.15) is 0 Å². The Morgan fingerprint density at radius 3 is 2.12 bits per heavy atom. The van der Waals surface area contributed by atoms with E-state index in [1.165, 1.54) is 25.7 Å². The van der Waals surface area contributed by atoms with E-state index in [2.05, 4.69) is 30.6 Å². The Balaban J connectivity index is 0.00000144. The first kappa shape index (κ1) is 22.0. The summed E-state index contributed by atoms with van der Waals surface area (Å²) in [5, 5.41) is 0. The molecule has 2 aliphatic carbocycles. The molecule has 4 unspecified atom stereocenters. The smallest absolute Gasteiger partial charge is 0.227 e.